The Labute approximate surface area is 160 Å². The largest absolute Gasteiger partial charge is 0.490 e. The molecule has 0 unspecified atom stereocenters. The summed E-state index contributed by atoms with van der Waals surface area (Å²) in [5.41, 5.74) is 8.03. The third kappa shape index (κ3) is 5.78. The second-order valence-corrected chi connectivity index (χ2v) is 9.53. The molecule has 0 radical (unpaired) electrons. The molecule has 4 nitrogen and oxygen atoms in total. The maximum absolute atomic E-state index is 13.9. The maximum atomic E-state index is 13.9. The molecular formula is C21H26FNO3S. The lowest BCUT2D eigenvalue weighted by atomic mass is 10.0. The fraction of sp³-hybridized carbons (Fsp3) is 0.429. The van der Waals surface area contributed by atoms with Gasteiger partial charge in [0.05, 0.1) is 18.1 Å². The Bertz CT molecular complexity index is 894. The number of nitrogens with two attached hydrogens (primary N) is 1. The molecule has 1 fully saturated rings. The summed E-state index contributed by atoms with van der Waals surface area (Å²) in [6.07, 6.45) is 2.25. The van der Waals surface area contributed by atoms with Crippen LogP contribution in [0, 0.1) is 11.7 Å². The van der Waals surface area contributed by atoms with Gasteiger partial charge in [0.15, 0.2) is 21.4 Å². The first-order valence-electron chi connectivity index (χ1n) is 9.27. The summed E-state index contributed by atoms with van der Waals surface area (Å²) in [6.45, 7) is 2.74. The fourth-order valence-electron chi connectivity index (χ4n) is 3.07. The topological polar surface area (TPSA) is 69.4 Å². The first kappa shape index (κ1) is 19.8. The van der Waals surface area contributed by atoms with Crippen LogP contribution in [0.3, 0.4) is 0 Å². The minimum atomic E-state index is -3.32. The minimum Gasteiger partial charge on any atom is -0.490 e. The van der Waals surface area contributed by atoms with E-state index < -0.39 is 15.7 Å². The van der Waals surface area contributed by atoms with Crippen molar-refractivity contribution in [2.24, 2.45) is 11.7 Å². The van der Waals surface area contributed by atoms with Crippen LogP contribution in [0.5, 0.6) is 5.75 Å². The number of ether oxygens (including phenoxy) is 1. The van der Waals surface area contributed by atoms with Crippen LogP contribution in [-0.2, 0) is 22.1 Å². The van der Waals surface area contributed by atoms with Gasteiger partial charge in [0.1, 0.15) is 0 Å². The predicted molar refractivity (Wildman–Crippen MR) is 105 cm³/mol. The van der Waals surface area contributed by atoms with Gasteiger partial charge in [-0.3, -0.25) is 0 Å². The van der Waals surface area contributed by atoms with Gasteiger partial charge in [0, 0.05) is 6.54 Å². The second kappa shape index (κ2) is 8.40. The zero-order chi connectivity index (χ0) is 19.4. The van der Waals surface area contributed by atoms with E-state index in [1.807, 2.05) is 25.1 Å². The third-order valence-corrected chi connectivity index (χ3v) is 6.59. The molecule has 0 aromatic heterocycles. The average Bonchev–Trinajstić information content (AvgIpc) is 3.44. The SMILES string of the molecule is C[C@@H](CS(=O)(=O)Cc1cccc(CN)c1)c1ccc(F)c(OCC2CC2)c1. The van der Waals surface area contributed by atoms with Crippen molar-refractivity contribution in [1.82, 2.24) is 0 Å². The smallest absolute Gasteiger partial charge is 0.165 e. The lowest BCUT2D eigenvalue weighted by Crippen LogP contribution is -2.15. The summed E-state index contributed by atoms with van der Waals surface area (Å²) in [5.74, 6) is 0.0318. The lowest BCUT2D eigenvalue weighted by molar-refractivity contribution is 0.285. The number of halogens is 1. The summed E-state index contributed by atoms with van der Waals surface area (Å²) in [5, 5.41) is 0. The molecule has 1 aliphatic carbocycles. The van der Waals surface area contributed by atoms with Gasteiger partial charge in [-0.15, -0.1) is 0 Å². The number of benzene rings is 2. The van der Waals surface area contributed by atoms with Gasteiger partial charge >= 0.3 is 0 Å². The molecule has 0 bridgehead atoms. The Hall–Kier alpha value is -1.92. The second-order valence-electron chi connectivity index (χ2n) is 7.42. The number of sulfone groups is 1. The van der Waals surface area contributed by atoms with Crippen molar-refractivity contribution >= 4 is 9.84 Å². The Balaban J connectivity index is 1.67. The normalized spacial score (nSPS) is 15.5. The number of rotatable bonds is 9. The quantitative estimate of drug-likeness (QED) is 0.706. The van der Waals surface area contributed by atoms with E-state index in [0.29, 0.717) is 19.1 Å². The van der Waals surface area contributed by atoms with Crippen molar-refractivity contribution in [1.29, 1.82) is 0 Å². The van der Waals surface area contributed by atoms with E-state index in [1.54, 1.807) is 18.2 Å². The summed E-state index contributed by atoms with van der Waals surface area (Å²) in [6, 6.07) is 11.9. The molecule has 0 aliphatic heterocycles. The van der Waals surface area contributed by atoms with Crippen molar-refractivity contribution in [3.8, 4) is 5.75 Å². The molecule has 0 saturated heterocycles. The van der Waals surface area contributed by atoms with Gasteiger partial charge in [0.25, 0.3) is 0 Å². The molecule has 0 heterocycles. The Morgan fingerprint density at radius 3 is 2.63 bits per heavy atom. The van der Waals surface area contributed by atoms with E-state index in [4.69, 9.17) is 10.5 Å². The van der Waals surface area contributed by atoms with Crippen LogP contribution >= 0.6 is 0 Å². The average molecular weight is 392 g/mol. The highest BCUT2D eigenvalue weighted by Gasteiger charge is 2.23. The van der Waals surface area contributed by atoms with Crippen LogP contribution in [0.4, 0.5) is 4.39 Å². The molecule has 0 spiro atoms. The summed E-state index contributed by atoms with van der Waals surface area (Å²) in [4.78, 5) is 0. The molecule has 1 saturated carbocycles. The van der Waals surface area contributed by atoms with Gasteiger partial charge < -0.3 is 10.5 Å². The molecule has 1 atom stereocenters. The van der Waals surface area contributed by atoms with Crippen LogP contribution in [0.1, 0.15) is 42.4 Å². The highest BCUT2D eigenvalue weighted by Crippen LogP contribution is 2.31. The van der Waals surface area contributed by atoms with Crippen LogP contribution in [-0.4, -0.2) is 20.8 Å². The Morgan fingerprint density at radius 1 is 1.19 bits per heavy atom. The molecule has 2 N–H and O–H groups in total. The van der Waals surface area contributed by atoms with Crippen LogP contribution in [0.15, 0.2) is 42.5 Å². The molecule has 146 valence electrons. The first-order chi connectivity index (χ1) is 12.9. The van der Waals surface area contributed by atoms with Crippen molar-refractivity contribution in [2.75, 3.05) is 12.4 Å². The van der Waals surface area contributed by atoms with E-state index in [-0.39, 0.29) is 23.2 Å². The van der Waals surface area contributed by atoms with Crippen LogP contribution in [0.2, 0.25) is 0 Å². The standard InChI is InChI=1S/C21H26FNO3S/c1-15(13-27(24,25)14-18-4-2-3-17(9-18)11-23)19-7-8-20(22)21(10-19)26-12-16-5-6-16/h2-4,7-10,15-16H,5-6,11-14,23H2,1H3/t15-/m0/s1. The van der Waals surface area contributed by atoms with E-state index in [2.05, 4.69) is 0 Å². The fourth-order valence-corrected chi connectivity index (χ4v) is 4.83. The highest BCUT2D eigenvalue weighted by molar-refractivity contribution is 7.90. The molecule has 1 aliphatic rings. The molecule has 2 aromatic rings. The number of hydrogen-bond donors (Lipinski definition) is 1. The highest BCUT2D eigenvalue weighted by atomic mass is 32.2. The van der Waals surface area contributed by atoms with Gasteiger partial charge in [-0.1, -0.05) is 37.3 Å². The zero-order valence-electron chi connectivity index (χ0n) is 15.5. The van der Waals surface area contributed by atoms with Crippen molar-refractivity contribution in [2.45, 2.75) is 38.0 Å². The van der Waals surface area contributed by atoms with Gasteiger partial charge in [-0.05, 0) is 53.5 Å². The van der Waals surface area contributed by atoms with E-state index in [1.165, 1.54) is 6.07 Å². The monoisotopic (exact) mass is 391 g/mol. The summed E-state index contributed by atoms with van der Waals surface area (Å²) in [7, 11) is -3.32. The lowest BCUT2D eigenvalue weighted by Gasteiger charge is -2.15. The van der Waals surface area contributed by atoms with E-state index in [0.717, 1.165) is 29.5 Å². The minimum absolute atomic E-state index is 0.00640. The summed E-state index contributed by atoms with van der Waals surface area (Å²) >= 11 is 0. The molecular weight excluding hydrogens is 365 g/mol. The molecule has 6 heteroatoms. The van der Waals surface area contributed by atoms with Gasteiger partial charge in [0.2, 0.25) is 0 Å². The first-order valence-corrected chi connectivity index (χ1v) is 11.1. The van der Waals surface area contributed by atoms with Crippen molar-refractivity contribution in [3.05, 3.63) is 65.0 Å². The van der Waals surface area contributed by atoms with Crippen molar-refractivity contribution < 1.29 is 17.5 Å². The Kier molecular flexibility index (Phi) is 6.17. The predicted octanol–water partition coefficient (Wildman–Crippen LogP) is 3.79. The van der Waals surface area contributed by atoms with Crippen LogP contribution in [0.25, 0.3) is 0 Å². The maximum Gasteiger partial charge on any atom is 0.165 e. The summed E-state index contributed by atoms with van der Waals surface area (Å²) < 4.78 is 44.8. The van der Waals surface area contributed by atoms with Crippen molar-refractivity contribution in [3.63, 3.8) is 0 Å². The molecule has 27 heavy (non-hydrogen) atoms. The van der Waals surface area contributed by atoms with E-state index >= 15 is 0 Å². The van der Waals surface area contributed by atoms with Gasteiger partial charge in [-0.2, -0.15) is 0 Å². The molecule has 0 amide bonds. The third-order valence-electron chi connectivity index (χ3n) is 4.81. The van der Waals surface area contributed by atoms with E-state index in [9.17, 15) is 12.8 Å². The Morgan fingerprint density at radius 2 is 1.93 bits per heavy atom. The zero-order valence-corrected chi connectivity index (χ0v) is 16.3. The van der Waals surface area contributed by atoms with Gasteiger partial charge in [-0.25, -0.2) is 12.8 Å². The molecule has 3 rings (SSSR count). The molecule has 2 aromatic carbocycles. The van der Waals surface area contributed by atoms with Crippen LogP contribution < -0.4 is 10.5 Å². The number of hydrogen-bond acceptors (Lipinski definition) is 4.